The van der Waals surface area contributed by atoms with Crippen LogP contribution in [-0.4, -0.2) is 37.1 Å². The monoisotopic (exact) mass is 288 g/mol. The van der Waals surface area contributed by atoms with Gasteiger partial charge in [0.05, 0.1) is 11.5 Å². The van der Waals surface area contributed by atoms with Gasteiger partial charge in [0.15, 0.2) is 0 Å². The van der Waals surface area contributed by atoms with Gasteiger partial charge in [-0.2, -0.15) is 0 Å². The fourth-order valence-electron chi connectivity index (χ4n) is 3.26. The quantitative estimate of drug-likeness (QED) is 0.865. The highest BCUT2D eigenvalue weighted by Gasteiger charge is 2.52. The summed E-state index contributed by atoms with van der Waals surface area (Å²) in [6.07, 6.45) is 5.48. The van der Waals surface area contributed by atoms with E-state index in [0.29, 0.717) is 6.54 Å². The van der Waals surface area contributed by atoms with Gasteiger partial charge in [-0.1, -0.05) is 12.1 Å². The molecule has 21 heavy (non-hydrogen) atoms. The van der Waals surface area contributed by atoms with Crippen LogP contribution in [0.4, 0.5) is 5.69 Å². The summed E-state index contributed by atoms with van der Waals surface area (Å²) < 4.78 is 5.74. The van der Waals surface area contributed by atoms with Crippen molar-refractivity contribution in [1.29, 1.82) is 0 Å². The summed E-state index contributed by atoms with van der Waals surface area (Å²) in [6, 6.07) is 7.75. The second kappa shape index (κ2) is 5.68. The fraction of sp³-hybridized carbons (Fsp3) is 0.588. The molecule has 4 nitrogen and oxygen atoms in total. The zero-order valence-electron chi connectivity index (χ0n) is 12.7. The van der Waals surface area contributed by atoms with Crippen LogP contribution in [0.15, 0.2) is 24.3 Å². The molecule has 2 aliphatic rings. The average Bonchev–Trinajstić information content (AvgIpc) is 3.30. The summed E-state index contributed by atoms with van der Waals surface area (Å²) >= 11 is 0. The summed E-state index contributed by atoms with van der Waals surface area (Å²) in [6.45, 7) is 1.53. The highest BCUT2D eigenvalue weighted by atomic mass is 16.5. The molecular weight excluding hydrogens is 264 g/mol. The zero-order chi connectivity index (χ0) is 14.9. The SMILES string of the molecule is CN(CC1CCCCO1)C(=O)C1(c2ccc(N)cc2)CC1. The normalized spacial score (nSPS) is 23.6. The van der Waals surface area contributed by atoms with Crippen LogP contribution in [0.1, 0.15) is 37.7 Å². The summed E-state index contributed by atoms with van der Waals surface area (Å²) in [4.78, 5) is 14.7. The highest BCUT2D eigenvalue weighted by molar-refractivity contribution is 5.91. The number of rotatable bonds is 4. The van der Waals surface area contributed by atoms with E-state index >= 15 is 0 Å². The van der Waals surface area contributed by atoms with E-state index in [0.717, 1.165) is 43.5 Å². The third kappa shape index (κ3) is 2.91. The van der Waals surface area contributed by atoms with E-state index in [1.54, 1.807) is 0 Å². The minimum Gasteiger partial charge on any atom is -0.399 e. The molecule has 114 valence electrons. The number of benzene rings is 1. The van der Waals surface area contributed by atoms with Crippen molar-refractivity contribution in [3.05, 3.63) is 29.8 Å². The van der Waals surface area contributed by atoms with E-state index in [-0.39, 0.29) is 17.4 Å². The molecule has 1 atom stereocenters. The van der Waals surface area contributed by atoms with E-state index in [9.17, 15) is 4.79 Å². The largest absolute Gasteiger partial charge is 0.399 e. The Morgan fingerprint density at radius 3 is 2.62 bits per heavy atom. The van der Waals surface area contributed by atoms with Crippen LogP contribution in [-0.2, 0) is 14.9 Å². The van der Waals surface area contributed by atoms with E-state index in [1.165, 1.54) is 6.42 Å². The van der Waals surface area contributed by atoms with Crippen LogP contribution in [0, 0.1) is 0 Å². The molecular formula is C17H24N2O2. The lowest BCUT2D eigenvalue weighted by Crippen LogP contribution is -2.42. The first-order chi connectivity index (χ1) is 10.1. The van der Waals surface area contributed by atoms with Crippen molar-refractivity contribution in [2.24, 2.45) is 0 Å². The van der Waals surface area contributed by atoms with Crippen LogP contribution in [0.3, 0.4) is 0 Å². The van der Waals surface area contributed by atoms with Gasteiger partial charge in [-0.15, -0.1) is 0 Å². The van der Waals surface area contributed by atoms with Gasteiger partial charge in [0.25, 0.3) is 0 Å². The van der Waals surface area contributed by atoms with Crippen molar-refractivity contribution in [3.63, 3.8) is 0 Å². The van der Waals surface area contributed by atoms with Gasteiger partial charge in [-0.3, -0.25) is 4.79 Å². The van der Waals surface area contributed by atoms with Crippen molar-refractivity contribution in [2.75, 3.05) is 25.9 Å². The third-order valence-corrected chi connectivity index (χ3v) is 4.72. The molecule has 2 N–H and O–H groups in total. The molecule has 0 radical (unpaired) electrons. The first-order valence-corrected chi connectivity index (χ1v) is 7.85. The van der Waals surface area contributed by atoms with Crippen LogP contribution < -0.4 is 5.73 Å². The first-order valence-electron chi connectivity index (χ1n) is 7.85. The third-order valence-electron chi connectivity index (χ3n) is 4.72. The summed E-state index contributed by atoms with van der Waals surface area (Å²) in [7, 11) is 1.90. The van der Waals surface area contributed by atoms with E-state index < -0.39 is 0 Å². The molecule has 0 aromatic heterocycles. The average molecular weight is 288 g/mol. The number of ether oxygens (including phenoxy) is 1. The first kappa shape index (κ1) is 14.4. The zero-order valence-corrected chi connectivity index (χ0v) is 12.7. The van der Waals surface area contributed by atoms with E-state index in [1.807, 2.05) is 36.2 Å². The molecule has 1 aromatic carbocycles. The number of likely N-dealkylation sites (N-methyl/N-ethyl adjacent to an activating group) is 1. The number of carbonyl (C=O) groups excluding carboxylic acids is 1. The van der Waals surface area contributed by atoms with E-state index in [2.05, 4.69) is 0 Å². The molecule has 1 aromatic rings. The Morgan fingerprint density at radius 2 is 2.05 bits per heavy atom. The Hall–Kier alpha value is -1.55. The minimum atomic E-state index is -0.308. The topological polar surface area (TPSA) is 55.6 Å². The Kier molecular flexibility index (Phi) is 3.89. The second-order valence-electron chi connectivity index (χ2n) is 6.38. The Bertz CT molecular complexity index is 502. The maximum Gasteiger partial charge on any atom is 0.233 e. The molecule has 1 heterocycles. The fourth-order valence-corrected chi connectivity index (χ4v) is 3.26. The lowest BCUT2D eigenvalue weighted by Gasteiger charge is -2.30. The number of nitrogens with two attached hydrogens (primary N) is 1. The molecule has 1 saturated carbocycles. The minimum absolute atomic E-state index is 0.204. The summed E-state index contributed by atoms with van der Waals surface area (Å²) in [5, 5.41) is 0. The summed E-state index contributed by atoms with van der Waals surface area (Å²) in [5.74, 6) is 0.224. The number of anilines is 1. The number of nitrogen functional groups attached to an aromatic ring is 1. The van der Waals surface area contributed by atoms with Gasteiger partial charge >= 0.3 is 0 Å². The number of hydrogen-bond donors (Lipinski definition) is 1. The molecule has 0 spiro atoms. The predicted octanol–water partition coefficient (Wildman–Crippen LogP) is 2.33. The van der Waals surface area contributed by atoms with Gasteiger partial charge in [0.2, 0.25) is 5.91 Å². The van der Waals surface area contributed by atoms with Gasteiger partial charge in [-0.05, 0) is 49.8 Å². The molecule has 1 saturated heterocycles. The van der Waals surface area contributed by atoms with Gasteiger partial charge in [0.1, 0.15) is 0 Å². The number of amides is 1. The molecule has 0 bridgehead atoms. The van der Waals surface area contributed by atoms with Gasteiger partial charge in [0, 0.05) is 25.9 Å². The molecule has 2 fully saturated rings. The lowest BCUT2D eigenvalue weighted by molar-refractivity contribution is -0.135. The van der Waals surface area contributed by atoms with Crippen molar-refractivity contribution in [1.82, 2.24) is 4.90 Å². The lowest BCUT2D eigenvalue weighted by atomic mass is 9.94. The van der Waals surface area contributed by atoms with Crippen LogP contribution in [0.2, 0.25) is 0 Å². The van der Waals surface area contributed by atoms with Gasteiger partial charge in [-0.25, -0.2) is 0 Å². The maximum absolute atomic E-state index is 12.8. The molecule has 1 amide bonds. The van der Waals surface area contributed by atoms with Crippen molar-refractivity contribution < 1.29 is 9.53 Å². The predicted molar refractivity (Wildman–Crippen MR) is 83.0 cm³/mol. The smallest absolute Gasteiger partial charge is 0.233 e. The Labute approximate surface area is 126 Å². The van der Waals surface area contributed by atoms with Gasteiger partial charge < -0.3 is 15.4 Å². The summed E-state index contributed by atoms with van der Waals surface area (Å²) in [5.41, 5.74) is 7.27. The van der Waals surface area contributed by atoms with Crippen molar-refractivity contribution in [3.8, 4) is 0 Å². The Balaban J connectivity index is 1.67. The molecule has 4 heteroatoms. The van der Waals surface area contributed by atoms with Crippen LogP contribution >= 0.6 is 0 Å². The van der Waals surface area contributed by atoms with Crippen molar-refractivity contribution >= 4 is 11.6 Å². The molecule has 1 aliphatic heterocycles. The highest BCUT2D eigenvalue weighted by Crippen LogP contribution is 2.49. The van der Waals surface area contributed by atoms with Crippen LogP contribution in [0.5, 0.6) is 0 Å². The Morgan fingerprint density at radius 1 is 1.33 bits per heavy atom. The molecule has 1 aliphatic carbocycles. The van der Waals surface area contributed by atoms with E-state index in [4.69, 9.17) is 10.5 Å². The molecule has 3 rings (SSSR count). The maximum atomic E-state index is 12.8. The number of nitrogens with zero attached hydrogens (tertiary/aromatic N) is 1. The number of carbonyl (C=O) groups is 1. The standard InChI is InChI=1S/C17H24N2O2/c1-19(12-15-4-2-3-11-21-15)16(20)17(9-10-17)13-5-7-14(18)8-6-13/h5-8,15H,2-4,9-12,18H2,1H3. The second-order valence-corrected chi connectivity index (χ2v) is 6.38. The van der Waals surface area contributed by atoms with Crippen LogP contribution in [0.25, 0.3) is 0 Å². The van der Waals surface area contributed by atoms with Crippen molar-refractivity contribution in [2.45, 2.75) is 43.6 Å². The molecule has 1 unspecified atom stereocenters. The number of hydrogen-bond acceptors (Lipinski definition) is 3.